The molecule has 3 atom stereocenters. The minimum atomic E-state index is -0.401. The van der Waals surface area contributed by atoms with E-state index in [9.17, 15) is 0 Å². The molecule has 1 saturated carbocycles. The molecule has 0 spiro atoms. The fourth-order valence-corrected chi connectivity index (χ4v) is 15.6. The third-order valence-corrected chi connectivity index (χ3v) is 14.3. The third-order valence-electron chi connectivity index (χ3n) is 7.30. The zero-order valence-corrected chi connectivity index (χ0v) is 25.0. The Bertz CT molecular complexity index is 854. The summed E-state index contributed by atoms with van der Waals surface area (Å²) in [4.78, 5) is 0. The van der Waals surface area contributed by atoms with E-state index in [4.69, 9.17) is 0 Å². The van der Waals surface area contributed by atoms with Gasteiger partial charge in [-0.25, -0.2) is 0 Å². The molecule has 33 heavy (non-hydrogen) atoms. The Morgan fingerprint density at radius 1 is 0.667 bits per heavy atom. The molecular formula is C31H48P2. The van der Waals surface area contributed by atoms with E-state index >= 15 is 0 Å². The summed E-state index contributed by atoms with van der Waals surface area (Å²) in [6.07, 6.45) is 4.25. The number of hydrogen-bond donors (Lipinski definition) is 0. The minimum absolute atomic E-state index is 0.0927. The maximum absolute atomic E-state index is 2.61. The lowest BCUT2D eigenvalue weighted by Crippen LogP contribution is -2.37. The summed E-state index contributed by atoms with van der Waals surface area (Å²) >= 11 is 0. The van der Waals surface area contributed by atoms with Gasteiger partial charge in [0.2, 0.25) is 0 Å². The van der Waals surface area contributed by atoms with Crippen LogP contribution in [0.3, 0.4) is 0 Å². The van der Waals surface area contributed by atoms with Crippen LogP contribution in [0.2, 0.25) is 0 Å². The van der Waals surface area contributed by atoms with Crippen LogP contribution in [0.25, 0.3) is 0 Å². The van der Waals surface area contributed by atoms with Gasteiger partial charge >= 0.3 is 0 Å². The van der Waals surface area contributed by atoms with Gasteiger partial charge in [0.05, 0.1) is 0 Å². The van der Waals surface area contributed by atoms with E-state index in [2.05, 4.69) is 113 Å². The van der Waals surface area contributed by atoms with E-state index in [1.807, 2.05) is 0 Å². The van der Waals surface area contributed by atoms with Crippen molar-refractivity contribution in [2.45, 2.75) is 117 Å². The monoisotopic (exact) mass is 482 g/mol. The number of hydrogen-bond acceptors (Lipinski definition) is 0. The van der Waals surface area contributed by atoms with Crippen molar-refractivity contribution in [3.05, 3.63) is 58.7 Å². The molecule has 1 aliphatic rings. The molecule has 0 radical (unpaired) electrons. The van der Waals surface area contributed by atoms with Crippen LogP contribution < -0.4 is 10.6 Å². The van der Waals surface area contributed by atoms with Crippen LogP contribution in [0.1, 0.15) is 90.0 Å². The Morgan fingerprint density at radius 2 is 1.06 bits per heavy atom. The average molecular weight is 483 g/mol. The fraction of sp³-hybridized carbons (Fsp3) is 0.613. The summed E-state index contributed by atoms with van der Waals surface area (Å²) in [5.74, 6) is 0.822. The molecule has 2 aromatic rings. The van der Waals surface area contributed by atoms with Crippen LogP contribution in [-0.2, 0) is 0 Å². The molecule has 3 rings (SSSR count). The quantitative estimate of drug-likeness (QED) is 0.373. The highest BCUT2D eigenvalue weighted by Gasteiger charge is 2.47. The van der Waals surface area contributed by atoms with Gasteiger partial charge in [-0.15, -0.1) is 0 Å². The van der Waals surface area contributed by atoms with E-state index in [1.165, 1.54) is 41.5 Å². The van der Waals surface area contributed by atoms with Crippen molar-refractivity contribution in [1.29, 1.82) is 0 Å². The van der Waals surface area contributed by atoms with Crippen LogP contribution in [0.4, 0.5) is 0 Å². The highest BCUT2D eigenvalue weighted by atomic mass is 31.1. The average Bonchev–Trinajstić information content (AvgIpc) is 3.06. The van der Waals surface area contributed by atoms with Crippen LogP contribution in [0.5, 0.6) is 0 Å². The number of aryl methyl sites for hydroxylation is 4. The Balaban J connectivity index is 2.11. The predicted octanol–water partition coefficient (Wildman–Crippen LogP) is 8.99. The second-order valence-electron chi connectivity index (χ2n) is 12.7. The zero-order chi connectivity index (χ0) is 24.7. The van der Waals surface area contributed by atoms with Gasteiger partial charge in [-0.2, -0.15) is 0 Å². The number of benzene rings is 2. The van der Waals surface area contributed by atoms with Gasteiger partial charge in [-0.05, 0) is 86.6 Å². The Labute approximate surface area is 207 Å². The largest absolute Gasteiger partial charge is 0.0921 e. The highest BCUT2D eigenvalue weighted by molar-refractivity contribution is 7.73. The second-order valence-corrected chi connectivity index (χ2v) is 19.4. The topological polar surface area (TPSA) is 0 Å². The summed E-state index contributed by atoms with van der Waals surface area (Å²) in [5.41, 5.74) is 7.20. The highest BCUT2D eigenvalue weighted by Crippen LogP contribution is 2.68. The molecule has 0 bridgehead atoms. The molecule has 0 heterocycles. The van der Waals surface area contributed by atoms with Crippen LogP contribution in [0.15, 0.2) is 36.4 Å². The Hall–Kier alpha value is -0.700. The molecule has 2 aromatic carbocycles. The lowest BCUT2D eigenvalue weighted by atomic mass is 10.0. The molecule has 0 amide bonds. The van der Waals surface area contributed by atoms with Crippen molar-refractivity contribution < 1.29 is 0 Å². The third kappa shape index (κ3) is 6.30. The first-order valence-corrected chi connectivity index (χ1v) is 15.8. The predicted molar refractivity (Wildman–Crippen MR) is 155 cm³/mol. The molecule has 0 N–H and O–H groups in total. The zero-order valence-electron chi connectivity index (χ0n) is 23.2. The molecule has 0 aliphatic heterocycles. The standard InChI is InChI=1S/C31H48P2/c1-21-15-22(2)18-26(17-21)32(27-19-23(3)16-24(4)20-27)25(5)28-13-12-14-29(28)33(30(6,7)8)31(9,10)11/h15-20,25,28-29H,12-14H2,1-11H3/t25?,28-,29-/m0/s1. The maximum Gasteiger partial charge on any atom is -0.0123 e. The lowest BCUT2D eigenvalue weighted by molar-refractivity contribution is 0.531. The summed E-state index contributed by atoms with van der Waals surface area (Å²) in [6, 6.07) is 14.6. The maximum atomic E-state index is 2.61. The van der Waals surface area contributed by atoms with E-state index in [-0.39, 0.29) is 7.92 Å². The first-order valence-electron chi connectivity index (χ1n) is 12.9. The molecule has 1 aliphatic carbocycles. The summed E-state index contributed by atoms with van der Waals surface area (Å²) in [6.45, 7) is 26.8. The van der Waals surface area contributed by atoms with Crippen LogP contribution in [-0.4, -0.2) is 21.6 Å². The Kier molecular flexibility index (Phi) is 8.24. The van der Waals surface area contributed by atoms with Crippen molar-refractivity contribution in [2.75, 3.05) is 0 Å². The normalized spacial score (nSPS) is 20.6. The molecular weight excluding hydrogens is 434 g/mol. The molecule has 1 fully saturated rings. The van der Waals surface area contributed by atoms with Crippen LogP contribution in [0, 0.1) is 33.6 Å². The molecule has 182 valence electrons. The fourth-order valence-electron chi connectivity index (χ4n) is 6.84. The summed E-state index contributed by atoms with van der Waals surface area (Å²) in [7, 11) is -0.493. The molecule has 1 unspecified atom stereocenters. The molecule has 0 nitrogen and oxygen atoms in total. The molecule has 0 aromatic heterocycles. The van der Waals surface area contributed by atoms with Gasteiger partial charge in [0.15, 0.2) is 0 Å². The first kappa shape index (κ1) is 26.9. The second kappa shape index (κ2) is 10.1. The summed E-state index contributed by atoms with van der Waals surface area (Å²) < 4.78 is 0. The van der Waals surface area contributed by atoms with Gasteiger partial charge < -0.3 is 0 Å². The van der Waals surface area contributed by atoms with Gasteiger partial charge in [0.25, 0.3) is 0 Å². The Morgan fingerprint density at radius 3 is 1.42 bits per heavy atom. The lowest BCUT2D eigenvalue weighted by Gasteiger charge is -2.49. The van der Waals surface area contributed by atoms with E-state index in [0.29, 0.717) is 16.0 Å². The van der Waals surface area contributed by atoms with Crippen molar-refractivity contribution in [2.24, 2.45) is 5.92 Å². The van der Waals surface area contributed by atoms with Crippen LogP contribution >= 0.6 is 15.8 Å². The first-order chi connectivity index (χ1) is 15.2. The molecule has 2 heteroatoms. The van der Waals surface area contributed by atoms with E-state index in [1.54, 1.807) is 10.6 Å². The van der Waals surface area contributed by atoms with Crippen molar-refractivity contribution in [3.63, 3.8) is 0 Å². The van der Waals surface area contributed by atoms with Crippen molar-refractivity contribution >= 4 is 26.5 Å². The number of rotatable bonds is 5. The minimum Gasteiger partial charge on any atom is -0.0921 e. The van der Waals surface area contributed by atoms with Crippen molar-refractivity contribution in [3.8, 4) is 0 Å². The van der Waals surface area contributed by atoms with E-state index < -0.39 is 7.92 Å². The van der Waals surface area contributed by atoms with E-state index in [0.717, 1.165) is 11.6 Å². The van der Waals surface area contributed by atoms with Gasteiger partial charge in [0.1, 0.15) is 0 Å². The smallest absolute Gasteiger partial charge is 0.0123 e. The molecule has 0 saturated heterocycles. The SMILES string of the molecule is Cc1cc(C)cc(P(c2cc(C)cc(C)c2)C(C)[C@@H]2CCC[C@@H]2P(C(C)(C)C)C(C)(C)C)c1. The van der Waals surface area contributed by atoms with Gasteiger partial charge in [-0.1, -0.05) is 121 Å². The van der Waals surface area contributed by atoms with Crippen molar-refractivity contribution in [1.82, 2.24) is 0 Å². The summed E-state index contributed by atoms with van der Waals surface area (Å²) in [5, 5.41) is 3.95. The van der Waals surface area contributed by atoms with Gasteiger partial charge in [0, 0.05) is 0 Å². The van der Waals surface area contributed by atoms with Gasteiger partial charge in [-0.3, -0.25) is 0 Å².